The minimum atomic E-state index is -1.31. The fraction of sp³-hybridized carbons (Fsp3) is 0.571. The largest absolute Gasteiger partial charge is 0.481 e. The molecular weight excluding hydrogens is 338 g/mol. The fourth-order valence-electron chi connectivity index (χ4n) is 2.22. The lowest BCUT2D eigenvalue weighted by Gasteiger charge is -2.21. The number of rotatable bonds is 10. The summed E-state index contributed by atoms with van der Waals surface area (Å²) in [4.78, 5) is 67.5. The first-order chi connectivity index (χ1) is 11.7. The van der Waals surface area contributed by atoms with Crippen molar-refractivity contribution in [3.8, 4) is 0 Å². The topological polar surface area (TPSA) is 179 Å². The Morgan fingerprint density at radius 1 is 1.20 bits per heavy atom. The predicted octanol–water partition coefficient (Wildman–Crippen LogP) is -2.23. The van der Waals surface area contributed by atoms with Gasteiger partial charge >= 0.3 is 11.9 Å². The maximum absolute atomic E-state index is 12.2. The van der Waals surface area contributed by atoms with Gasteiger partial charge in [0.25, 0.3) is 0 Å². The van der Waals surface area contributed by atoms with Crippen LogP contribution in [0.25, 0.3) is 0 Å². The van der Waals surface area contributed by atoms with Crippen LogP contribution in [0.3, 0.4) is 0 Å². The molecule has 1 saturated heterocycles. The molecule has 25 heavy (non-hydrogen) atoms. The Kier molecular flexibility index (Phi) is 7.50. The third kappa shape index (κ3) is 6.97. The SMILES string of the molecule is O=C[C@H](CC(=O)O)NC(=O)C(CCC(=O)O)NC(=O)[C@@H]1CCC(=O)N1. The van der Waals surface area contributed by atoms with E-state index in [1.54, 1.807) is 0 Å². The van der Waals surface area contributed by atoms with E-state index in [1.165, 1.54) is 0 Å². The summed E-state index contributed by atoms with van der Waals surface area (Å²) in [5.41, 5.74) is 0. The molecule has 11 nitrogen and oxygen atoms in total. The molecule has 0 aliphatic carbocycles. The number of aldehydes is 1. The van der Waals surface area contributed by atoms with Crippen LogP contribution < -0.4 is 16.0 Å². The van der Waals surface area contributed by atoms with E-state index < -0.39 is 54.7 Å². The Morgan fingerprint density at radius 2 is 1.88 bits per heavy atom. The smallest absolute Gasteiger partial charge is 0.305 e. The van der Waals surface area contributed by atoms with Gasteiger partial charge in [0.05, 0.1) is 12.5 Å². The summed E-state index contributed by atoms with van der Waals surface area (Å²) in [6.07, 6.45) is -0.692. The van der Waals surface area contributed by atoms with Gasteiger partial charge in [0.15, 0.2) is 0 Å². The Labute approximate surface area is 142 Å². The Hall–Kier alpha value is -2.98. The van der Waals surface area contributed by atoms with Crippen molar-refractivity contribution in [2.45, 2.75) is 50.2 Å². The van der Waals surface area contributed by atoms with Crippen LogP contribution in [0.15, 0.2) is 0 Å². The molecule has 0 aromatic rings. The van der Waals surface area contributed by atoms with E-state index in [-0.39, 0.29) is 31.5 Å². The highest BCUT2D eigenvalue weighted by atomic mass is 16.4. The van der Waals surface area contributed by atoms with Gasteiger partial charge in [-0.1, -0.05) is 0 Å². The van der Waals surface area contributed by atoms with Gasteiger partial charge in [0, 0.05) is 12.8 Å². The van der Waals surface area contributed by atoms with Gasteiger partial charge in [-0.15, -0.1) is 0 Å². The molecule has 0 radical (unpaired) electrons. The number of carbonyl (C=O) groups excluding carboxylic acids is 4. The molecule has 11 heteroatoms. The van der Waals surface area contributed by atoms with Crippen molar-refractivity contribution in [2.75, 3.05) is 0 Å². The highest BCUT2D eigenvalue weighted by molar-refractivity contribution is 5.94. The van der Waals surface area contributed by atoms with Crippen LogP contribution >= 0.6 is 0 Å². The molecule has 5 N–H and O–H groups in total. The number of aliphatic carboxylic acids is 2. The van der Waals surface area contributed by atoms with E-state index in [0.717, 1.165) is 0 Å². The van der Waals surface area contributed by atoms with E-state index in [1.807, 2.05) is 0 Å². The number of amides is 3. The second-order valence-electron chi connectivity index (χ2n) is 5.50. The molecule has 3 atom stereocenters. The molecule has 0 spiro atoms. The Morgan fingerprint density at radius 3 is 2.36 bits per heavy atom. The second kappa shape index (κ2) is 9.35. The lowest BCUT2D eigenvalue weighted by atomic mass is 10.1. The number of nitrogens with one attached hydrogen (secondary N) is 3. The average molecular weight is 357 g/mol. The van der Waals surface area contributed by atoms with Gasteiger partial charge in [-0.25, -0.2) is 0 Å². The third-order valence-electron chi connectivity index (χ3n) is 3.48. The van der Waals surface area contributed by atoms with Crippen molar-refractivity contribution in [1.82, 2.24) is 16.0 Å². The summed E-state index contributed by atoms with van der Waals surface area (Å²) in [7, 11) is 0. The van der Waals surface area contributed by atoms with Gasteiger partial charge in [0.1, 0.15) is 18.4 Å². The monoisotopic (exact) mass is 357 g/mol. The number of carboxylic acids is 2. The second-order valence-corrected chi connectivity index (χ2v) is 5.50. The normalized spacial score (nSPS) is 18.6. The molecule has 0 bridgehead atoms. The van der Waals surface area contributed by atoms with Crippen molar-refractivity contribution >= 4 is 35.9 Å². The van der Waals surface area contributed by atoms with E-state index >= 15 is 0 Å². The van der Waals surface area contributed by atoms with Crippen molar-refractivity contribution in [2.24, 2.45) is 0 Å². The molecule has 1 aliphatic rings. The molecular formula is C14H19N3O8. The van der Waals surface area contributed by atoms with E-state index in [0.29, 0.717) is 0 Å². The van der Waals surface area contributed by atoms with Crippen LogP contribution in [0.4, 0.5) is 0 Å². The van der Waals surface area contributed by atoms with Gasteiger partial charge in [0.2, 0.25) is 17.7 Å². The maximum atomic E-state index is 12.2. The van der Waals surface area contributed by atoms with E-state index in [9.17, 15) is 28.8 Å². The van der Waals surface area contributed by atoms with Crippen molar-refractivity contribution in [3.05, 3.63) is 0 Å². The summed E-state index contributed by atoms with van der Waals surface area (Å²) in [6.45, 7) is 0. The van der Waals surface area contributed by atoms with E-state index in [4.69, 9.17) is 10.2 Å². The lowest BCUT2D eigenvalue weighted by Crippen LogP contribution is -2.54. The zero-order chi connectivity index (χ0) is 19.0. The summed E-state index contributed by atoms with van der Waals surface area (Å²) in [6, 6.07) is -3.41. The first kappa shape index (κ1) is 20.1. The van der Waals surface area contributed by atoms with Crippen molar-refractivity contribution < 1.29 is 39.0 Å². The molecule has 1 heterocycles. The Balaban J connectivity index is 2.73. The molecule has 1 aliphatic heterocycles. The van der Waals surface area contributed by atoms with Crippen LogP contribution in [-0.4, -0.2) is 64.3 Å². The average Bonchev–Trinajstić information content (AvgIpc) is 2.96. The molecule has 1 rings (SSSR count). The summed E-state index contributed by atoms with van der Waals surface area (Å²) in [5.74, 6) is -4.35. The highest BCUT2D eigenvalue weighted by Gasteiger charge is 2.31. The zero-order valence-electron chi connectivity index (χ0n) is 13.2. The maximum Gasteiger partial charge on any atom is 0.305 e. The standard InChI is InChI=1S/C14H19N3O8/c18-6-7(5-12(22)23)15-13(24)9(2-4-11(20)21)17-14(25)8-1-3-10(19)16-8/h6-9H,1-5H2,(H,15,24)(H,16,19)(H,17,25)(H,20,21)(H,22,23)/t7-,8-,9?/m0/s1. The zero-order valence-corrected chi connectivity index (χ0v) is 13.2. The number of hydrogen-bond acceptors (Lipinski definition) is 6. The number of hydrogen-bond donors (Lipinski definition) is 5. The Bertz CT molecular complexity index is 576. The summed E-state index contributed by atoms with van der Waals surface area (Å²) in [5, 5.41) is 24.3. The molecule has 0 aromatic carbocycles. The van der Waals surface area contributed by atoms with Gasteiger partial charge in [-0.05, 0) is 12.8 Å². The molecule has 1 fully saturated rings. The molecule has 0 saturated carbocycles. The number of carboxylic acid groups (broad SMARTS) is 2. The minimum Gasteiger partial charge on any atom is -0.481 e. The van der Waals surface area contributed by atoms with E-state index in [2.05, 4.69) is 16.0 Å². The molecule has 138 valence electrons. The van der Waals surface area contributed by atoms with Gasteiger partial charge in [-0.2, -0.15) is 0 Å². The molecule has 3 amide bonds. The van der Waals surface area contributed by atoms with Gasteiger partial charge < -0.3 is 31.0 Å². The minimum absolute atomic E-state index is 0.163. The molecule has 1 unspecified atom stereocenters. The quantitative estimate of drug-likeness (QED) is 0.273. The summed E-state index contributed by atoms with van der Waals surface area (Å²) < 4.78 is 0. The van der Waals surface area contributed by atoms with Crippen LogP contribution in [0.1, 0.15) is 32.1 Å². The van der Waals surface area contributed by atoms with Gasteiger partial charge in [-0.3, -0.25) is 24.0 Å². The first-order valence-electron chi connectivity index (χ1n) is 7.52. The van der Waals surface area contributed by atoms with Crippen LogP contribution in [0, 0.1) is 0 Å². The molecule has 0 aromatic heterocycles. The summed E-state index contributed by atoms with van der Waals surface area (Å²) >= 11 is 0. The van der Waals surface area contributed by atoms with Crippen molar-refractivity contribution in [1.29, 1.82) is 0 Å². The predicted molar refractivity (Wildman–Crippen MR) is 80.2 cm³/mol. The first-order valence-corrected chi connectivity index (χ1v) is 7.52. The number of carbonyl (C=O) groups is 6. The lowest BCUT2D eigenvalue weighted by molar-refractivity contribution is -0.139. The highest BCUT2D eigenvalue weighted by Crippen LogP contribution is 2.08. The van der Waals surface area contributed by atoms with Crippen LogP contribution in [0.5, 0.6) is 0 Å². The van der Waals surface area contributed by atoms with Crippen LogP contribution in [0.2, 0.25) is 0 Å². The van der Waals surface area contributed by atoms with Crippen molar-refractivity contribution in [3.63, 3.8) is 0 Å². The van der Waals surface area contributed by atoms with Crippen LogP contribution in [-0.2, 0) is 28.8 Å². The third-order valence-corrected chi connectivity index (χ3v) is 3.48. The fourth-order valence-corrected chi connectivity index (χ4v) is 2.22.